The quantitative estimate of drug-likeness (QED) is 0.808. The Morgan fingerprint density at radius 3 is 2.38 bits per heavy atom. The molecule has 1 aliphatic rings. The average molecular weight is 392 g/mol. The van der Waals surface area contributed by atoms with Crippen LogP contribution in [0.1, 0.15) is 38.2 Å². The third-order valence-electron chi connectivity index (χ3n) is 5.06. The summed E-state index contributed by atoms with van der Waals surface area (Å²) in [6.07, 6.45) is 2.94. The Morgan fingerprint density at radius 1 is 1.12 bits per heavy atom. The molecule has 0 atom stereocenters. The molecule has 0 heterocycles. The lowest BCUT2D eigenvalue weighted by molar-refractivity contribution is -0.118. The number of aryl methyl sites for hydroxylation is 1. The second-order valence-corrected chi connectivity index (χ2v) is 9.36. The lowest BCUT2D eigenvalue weighted by atomic mass is 10.1. The standard InChI is InChI=1S/C20H22ClNO3S/c1-2-15-6-5-7-17(14-15)22-19(23)20(12-3-4-13-20)26(24,25)18-10-8-16(21)9-11-18/h5-11,14H,2-4,12-13H2,1H3,(H,22,23). The number of nitrogens with one attached hydrogen (secondary N) is 1. The second-order valence-electron chi connectivity index (χ2n) is 6.67. The number of hydrogen-bond donors (Lipinski definition) is 1. The van der Waals surface area contributed by atoms with E-state index in [1.165, 1.54) is 12.1 Å². The van der Waals surface area contributed by atoms with Gasteiger partial charge in [-0.2, -0.15) is 0 Å². The molecule has 1 aliphatic carbocycles. The zero-order chi connectivity index (χ0) is 18.8. The fourth-order valence-corrected chi connectivity index (χ4v) is 5.71. The molecule has 3 rings (SSSR count). The van der Waals surface area contributed by atoms with Crippen molar-refractivity contribution >= 4 is 33.0 Å². The zero-order valence-corrected chi connectivity index (χ0v) is 16.2. The fraction of sp³-hybridized carbons (Fsp3) is 0.350. The third-order valence-corrected chi connectivity index (χ3v) is 7.82. The van der Waals surface area contributed by atoms with E-state index in [9.17, 15) is 13.2 Å². The molecule has 1 N–H and O–H groups in total. The SMILES string of the molecule is CCc1cccc(NC(=O)C2(S(=O)(=O)c3ccc(Cl)cc3)CCCC2)c1. The minimum Gasteiger partial charge on any atom is -0.325 e. The Balaban J connectivity index is 1.96. The molecule has 138 valence electrons. The molecule has 0 aromatic heterocycles. The highest BCUT2D eigenvalue weighted by Crippen LogP contribution is 2.41. The van der Waals surface area contributed by atoms with Crippen LogP contribution in [-0.4, -0.2) is 19.1 Å². The lowest BCUT2D eigenvalue weighted by Crippen LogP contribution is -2.47. The monoisotopic (exact) mass is 391 g/mol. The van der Waals surface area contributed by atoms with Crippen molar-refractivity contribution in [3.63, 3.8) is 0 Å². The fourth-order valence-electron chi connectivity index (χ4n) is 3.52. The zero-order valence-electron chi connectivity index (χ0n) is 14.7. The topological polar surface area (TPSA) is 63.2 Å². The summed E-state index contributed by atoms with van der Waals surface area (Å²) in [7, 11) is -3.82. The molecule has 0 spiro atoms. The van der Waals surface area contributed by atoms with E-state index >= 15 is 0 Å². The Kier molecular flexibility index (Phi) is 5.39. The number of hydrogen-bond acceptors (Lipinski definition) is 3. The van der Waals surface area contributed by atoms with Crippen molar-refractivity contribution in [1.29, 1.82) is 0 Å². The van der Waals surface area contributed by atoms with E-state index in [0.29, 0.717) is 23.6 Å². The van der Waals surface area contributed by atoms with E-state index in [1.54, 1.807) is 18.2 Å². The van der Waals surface area contributed by atoms with Crippen LogP contribution in [0.2, 0.25) is 5.02 Å². The van der Waals surface area contributed by atoms with Gasteiger partial charge < -0.3 is 5.32 Å². The number of anilines is 1. The van der Waals surface area contributed by atoms with Gasteiger partial charge in [0, 0.05) is 10.7 Å². The van der Waals surface area contributed by atoms with Gasteiger partial charge in [0.2, 0.25) is 5.91 Å². The summed E-state index contributed by atoms with van der Waals surface area (Å²) >= 11 is 5.88. The number of benzene rings is 2. The predicted octanol–water partition coefficient (Wildman–Crippen LogP) is 4.63. The van der Waals surface area contributed by atoms with Crippen LogP contribution in [-0.2, 0) is 21.1 Å². The smallest absolute Gasteiger partial charge is 0.246 e. The normalized spacial score (nSPS) is 16.4. The number of carbonyl (C=O) groups excluding carboxylic acids is 1. The molecule has 4 nitrogen and oxygen atoms in total. The summed E-state index contributed by atoms with van der Waals surface area (Å²) in [5.74, 6) is -0.446. The minimum absolute atomic E-state index is 0.140. The van der Waals surface area contributed by atoms with Gasteiger partial charge in [-0.3, -0.25) is 4.79 Å². The molecule has 0 radical (unpaired) electrons. The van der Waals surface area contributed by atoms with Gasteiger partial charge in [-0.15, -0.1) is 0 Å². The van der Waals surface area contributed by atoms with Crippen LogP contribution < -0.4 is 5.32 Å². The molecule has 6 heteroatoms. The number of carbonyl (C=O) groups is 1. The van der Waals surface area contributed by atoms with Crippen LogP contribution in [0.5, 0.6) is 0 Å². The maximum absolute atomic E-state index is 13.3. The summed E-state index contributed by atoms with van der Waals surface area (Å²) < 4.78 is 25.2. The van der Waals surface area contributed by atoms with Crippen LogP contribution in [0.4, 0.5) is 5.69 Å². The van der Waals surface area contributed by atoms with Crippen molar-refractivity contribution < 1.29 is 13.2 Å². The van der Waals surface area contributed by atoms with E-state index in [2.05, 4.69) is 5.32 Å². The molecule has 26 heavy (non-hydrogen) atoms. The number of halogens is 1. The van der Waals surface area contributed by atoms with Gasteiger partial charge in [0.25, 0.3) is 0 Å². The van der Waals surface area contributed by atoms with Crippen molar-refractivity contribution in [2.45, 2.75) is 48.7 Å². The van der Waals surface area contributed by atoms with Crippen LogP contribution in [0.25, 0.3) is 0 Å². The molecule has 1 amide bonds. The van der Waals surface area contributed by atoms with Crippen molar-refractivity contribution in [2.75, 3.05) is 5.32 Å². The molecule has 2 aromatic carbocycles. The highest BCUT2D eigenvalue weighted by Gasteiger charge is 2.52. The van der Waals surface area contributed by atoms with E-state index in [-0.39, 0.29) is 4.90 Å². The van der Waals surface area contributed by atoms with Crippen LogP contribution in [0, 0.1) is 0 Å². The highest BCUT2D eigenvalue weighted by molar-refractivity contribution is 7.93. The van der Waals surface area contributed by atoms with Gasteiger partial charge in [-0.25, -0.2) is 8.42 Å². The molecule has 0 saturated heterocycles. The van der Waals surface area contributed by atoms with Crippen LogP contribution >= 0.6 is 11.6 Å². The largest absolute Gasteiger partial charge is 0.325 e. The molecule has 0 unspecified atom stereocenters. The molecule has 1 saturated carbocycles. The molecular weight excluding hydrogens is 370 g/mol. The van der Waals surface area contributed by atoms with Crippen LogP contribution in [0.15, 0.2) is 53.4 Å². The first kappa shape index (κ1) is 18.9. The van der Waals surface area contributed by atoms with E-state index in [0.717, 1.165) is 24.8 Å². The maximum Gasteiger partial charge on any atom is 0.246 e. The molecular formula is C20H22ClNO3S. The van der Waals surface area contributed by atoms with E-state index < -0.39 is 20.5 Å². The maximum atomic E-state index is 13.3. The summed E-state index contributed by atoms with van der Waals surface area (Å²) in [5, 5.41) is 3.31. The van der Waals surface area contributed by atoms with Gasteiger partial charge in [-0.1, -0.05) is 43.5 Å². The van der Waals surface area contributed by atoms with Gasteiger partial charge in [0.1, 0.15) is 0 Å². The molecule has 1 fully saturated rings. The summed E-state index contributed by atoms with van der Waals surface area (Å²) in [5.41, 5.74) is 1.72. The predicted molar refractivity (Wildman–Crippen MR) is 104 cm³/mol. The Bertz CT molecular complexity index is 901. The lowest BCUT2D eigenvalue weighted by Gasteiger charge is -2.27. The van der Waals surface area contributed by atoms with E-state index in [4.69, 9.17) is 11.6 Å². The molecule has 0 aliphatic heterocycles. The van der Waals surface area contributed by atoms with Crippen molar-refractivity contribution in [1.82, 2.24) is 0 Å². The number of sulfone groups is 1. The molecule has 0 bridgehead atoms. The average Bonchev–Trinajstić information content (AvgIpc) is 3.14. The van der Waals surface area contributed by atoms with Crippen molar-refractivity contribution in [3.8, 4) is 0 Å². The van der Waals surface area contributed by atoms with Gasteiger partial charge in [0.05, 0.1) is 4.90 Å². The number of amides is 1. The molecule has 2 aromatic rings. The summed E-state index contributed by atoms with van der Waals surface area (Å²) in [4.78, 5) is 13.2. The first-order valence-corrected chi connectivity index (χ1v) is 10.7. The second kappa shape index (κ2) is 7.41. The summed E-state index contributed by atoms with van der Waals surface area (Å²) in [6, 6.07) is 13.5. The Labute approximate surface area is 159 Å². The third kappa shape index (κ3) is 3.38. The first-order valence-electron chi connectivity index (χ1n) is 8.80. The van der Waals surface area contributed by atoms with Gasteiger partial charge in [0.15, 0.2) is 14.6 Å². The Morgan fingerprint density at radius 2 is 1.77 bits per heavy atom. The Hall–Kier alpha value is -1.85. The first-order chi connectivity index (χ1) is 12.4. The van der Waals surface area contributed by atoms with Gasteiger partial charge >= 0.3 is 0 Å². The van der Waals surface area contributed by atoms with E-state index in [1.807, 2.05) is 25.1 Å². The summed E-state index contributed by atoms with van der Waals surface area (Å²) in [6.45, 7) is 2.03. The van der Waals surface area contributed by atoms with Crippen LogP contribution in [0.3, 0.4) is 0 Å². The van der Waals surface area contributed by atoms with Gasteiger partial charge in [-0.05, 0) is 61.2 Å². The highest BCUT2D eigenvalue weighted by atomic mass is 35.5. The number of rotatable bonds is 5. The minimum atomic E-state index is -3.82. The van der Waals surface area contributed by atoms with Crippen molar-refractivity contribution in [2.24, 2.45) is 0 Å². The van der Waals surface area contributed by atoms with Crippen molar-refractivity contribution in [3.05, 3.63) is 59.1 Å².